The normalized spacial score (nSPS) is 10.5. The molecule has 0 atom stereocenters. The van der Waals surface area contributed by atoms with Crippen LogP contribution in [0.1, 0.15) is 5.69 Å². The van der Waals surface area contributed by atoms with Crippen LogP contribution in [0.4, 0.5) is 5.69 Å². The highest BCUT2D eigenvalue weighted by Crippen LogP contribution is 2.36. The number of hydrogen-bond acceptors (Lipinski definition) is 5. The van der Waals surface area contributed by atoms with Gasteiger partial charge in [0.1, 0.15) is 6.26 Å². The van der Waals surface area contributed by atoms with Crippen molar-refractivity contribution in [3.8, 4) is 0 Å². The number of nitrogens with two attached hydrogens (primary N) is 1. The molecule has 0 aromatic carbocycles. The Bertz CT molecular complexity index is 466. The van der Waals surface area contributed by atoms with Gasteiger partial charge in [0, 0.05) is 6.20 Å². The maximum Gasteiger partial charge on any atom is 0.260 e. The molecule has 0 bridgehead atoms. The number of halogens is 1. The molecule has 0 saturated carbocycles. The van der Waals surface area contributed by atoms with Crippen molar-refractivity contribution in [1.29, 1.82) is 0 Å². The fourth-order valence-corrected chi connectivity index (χ4v) is 2.38. The molecule has 0 saturated heterocycles. The Morgan fingerprint density at radius 1 is 1.47 bits per heavy atom. The van der Waals surface area contributed by atoms with Crippen LogP contribution in [0.5, 0.6) is 0 Å². The zero-order valence-corrected chi connectivity index (χ0v) is 10.3. The Morgan fingerprint density at radius 2 is 2.27 bits per heavy atom. The van der Waals surface area contributed by atoms with Gasteiger partial charge in [-0.3, -0.25) is 4.98 Å². The Balaban J connectivity index is 2.31. The van der Waals surface area contributed by atoms with Gasteiger partial charge in [0.2, 0.25) is 0 Å². The smallest absolute Gasteiger partial charge is 0.260 e. The Hall–Kier alpha value is -1.01. The molecule has 0 aliphatic carbocycles. The molecule has 2 rings (SSSR count). The molecule has 0 aliphatic rings. The number of oxazole rings is 1. The van der Waals surface area contributed by atoms with E-state index in [2.05, 4.69) is 25.9 Å². The molecule has 0 aliphatic heterocycles. The van der Waals surface area contributed by atoms with Gasteiger partial charge in [-0.2, -0.15) is 0 Å². The molecule has 0 fully saturated rings. The van der Waals surface area contributed by atoms with Crippen LogP contribution in [0.2, 0.25) is 0 Å². The van der Waals surface area contributed by atoms with Crippen LogP contribution in [-0.4, -0.2) is 9.97 Å². The summed E-state index contributed by atoms with van der Waals surface area (Å²) in [6, 6.07) is 0. The summed E-state index contributed by atoms with van der Waals surface area (Å²) in [5.41, 5.74) is 7.24. The molecule has 0 spiro atoms. The third-order valence-electron chi connectivity index (χ3n) is 1.67. The first-order valence-corrected chi connectivity index (χ1v) is 5.76. The number of hydrogen-bond donors (Lipinski definition) is 1. The number of aromatic nitrogens is 2. The van der Waals surface area contributed by atoms with E-state index < -0.39 is 0 Å². The summed E-state index contributed by atoms with van der Waals surface area (Å²) in [6.07, 6.45) is 4.89. The van der Waals surface area contributed by atoms with Crippen molar-refractivity contribution in [2.75, 3.05) is 5.73 Å². The van der Waals surface area contributed by atoms with Gasteiger partial charge in [-0.25, -0.2) is 4.98 Å². The molecule has 2 N–H and O–H groups in total. The van der Waals surface area contributed by atoms with Crippen LogP contribution in [0, 0.1) is 6.92 Å². The zero-order valence-electron chi connectivity index (χ0n) is 7.90. The van der Waals surface area contributed by atoms with E-state index in [-0.39, 0.29) is 0 Å². The predicted octanol–water partition coefficient (Wildman–Crippen LogP) is 2.87. The van der Waals surface area contributed by atoms with E-state index in [1.54, 1.807) is 18.7 Å². The predicted molar refractivity (Wildman–Crippen MR) is 61.7 cm³/mol. The van der Waals surface area contributed by atoms with Crippen molar-refractivity contribution in [2.45, 2.75) is 17.0 Å². The van der Waals surface area contributed by atoms with E-state index in [4.69, 9.17) is 10.2 Å². The quantitative estimate of drug-likeness (QED) is 0.919. The highest BCUT2D eigenvalue weighted by Gasteiger charge is 2.10. The molecule has 0 unspecified atom stereocenters. The van der Waals surface area contributed by atoms with Crippen LogP contribution in [0.25, 0.3) is 0 Å². The molecular weight excluding hydrogens is 278 g/mol. The Labute approximate surface area is 99.4 Å². The summed E-state index contributed by atoms with van der Waals surface area (Å²) in [7, 11) is 0. The van der Waals surface area contributed by atoms with Gasteiger partial charge >= 0.3 is 0 Å². The third kappa shape index (κ3) is 2.32. The monoisotopic (exact) mass is 285 g/mol. The van der Waals surface area contributed by atoms with Crippen molar-refractivity contribution in [1.82, 2.24) is 9.97 Å². The standard InChI is InChI=1S/C9H8BrN3OS/c1-5-4-14-9(13-5)15-8-6(10)2-12-3-7(8)11/h2-4H,11H2,1H3. The second kappa shape index (κ2) is 4.24. The maximum absolute atomic E-state index is 5.79. The minimum atomic E-state index is 0.575. The lowest BCUT2D eigenvalue weighted by atomic mass is 10.4. The largest absolute Gasteiger partial charge is 0.439 e. The number of nitrogens with zero attached hydrogens (tertiary/aromatic N) is 2. The third-order valence-corrected chi connectivity index (χ3v) is 3.55. The molecule has 0 radical (unpaired) electrons. The topological polar surface area (TPSA) is 64.9 Å². The van der Waals surface area contributed by atoms with E-state index >= 15 is 0 Å². The summed E-state index contributed by atoms with van der Waals surface area (Å²) >= 11 is 4.75. The summed E-state index contributed by atoms with van der Waals surface area (Å²) < 4.78 is 6.07. The van der Waals surface area contributed by atoms with Gasteiger partial charge in [0.05, 0.1) is 26.9 Å². The molecule has 2 aromatic heterocycles. The van der Waals surface area contributed by atoms with Gasteiger partial charge < -0.3 is 10.2 Å². The SMILES string of the molecule is Cc1coc(Sc2c(N)cncc2Br)n1. The van der Waals surface area contributed by atoms with Crippen molar-refractivity contribution in [3.05, 3.63) is 28.8 Å². The Morgan fingerprint density at radius 3 is 2.87 bits per heavy atom. The number of aryl methyl sites for hydroxylation is 1. The lowest BCUT2D eigenvalue weighted by Crippen LogP contribution is -1.90. The van der Waals surface area contributed by atoms with Gasteiger partial charge in [0.15, 0.2) is 0 Å². The molecule has 2 heterocycles. The minimum absolute atomic E-state index is 0.575. The number of nitrogen functional groups attached to an aromatic ring is 1. The fourth-order valence-electron chi connectivity index (χ4n) is 1.01. The van der Waals surface area contributed by atoms with E-state index in [1.807, 2.05) is 6.92 Å². The average molecular weight is 286 g/mol. The molecule has 4 nitrogen and oxygen atoms in total. The first-order valence-electron chi connectivity index (χ1n) is 4.16. The molecule has 2 aromatic rings. The number of pyridine rings is 1. The summed E-state index contributed by atoms with van der Waals surface area (Å²) in [5.74, 6) is 0. The summed E-state index contributed by atoms with van der Waals surface area (Å²) in [5, 5.41) is 0.575. The Kier molecular flexibility index (Phi) is 2.97. The van der Waals surface area contributed by atoms with Crippen molar-refractivity contribution in [2.24, 2.45) is 0 Å². The lowest BCUT2D eigenvalue weighted by Gasteiger charge is -2.03. The van der Waals surface area contributed by atoms with Crippen LogP contribution in [-0.2, 0) is 0 Å². The van der Waals surface area contributed by atoms with E-state index in [1.165, 1.54) is 11.8 Å². The summed E-state index contributed by atoms with van der Waals surface area (Å²) in [4.78, 5) is 9.01. The zero-order chi connectivity index (χ0) is 10.8. The van der Waals surface area contributed by atoms with Gasteiger partial charge in [-0.15, -0.1) is 0 Å². The second-order valence-corrected chi connectivity index (χ2v) is 4.71. The summed E-state index contributed by atoms with van der Waals surface area (Å²) in [6.45, 7) is 1.87. The first-order chi connectivity index (χ1) is 7.16. The van der Waals surface area contributed by atoms with Crippen LogP contribution < -0.4 is 5.73 Å². The van der Waals surface area contributed by atoms with Crippen molar-refractivity contribution < 1.29 is 4.42 Å². The van der Waals surface area contributed by atoms with Crippen LogP contribution >= 0.6 is 27.7 Å². The van der Waals surface area contributed by atoms with Gasteiger partial charge in [-0.1, -0.05) is 0 Å². The number of rotatable bonds is 2. The molecule has 6 heteroatoms. The molecule has 0 amide bonds. The van der Waals surface area contributed by atoms with Gasteiger partial charge in [-0.05, 0) is 34.6 Å². The first kappa shape index (κ1) is 10.5. The maximum atomic E-state index is 5.79. The highest BCUT2D eigenvalue weighted by atomic mass is 79.9. The van der Waals surface area contributed by atoms with Crippen molar-refractivity contribution in [3.63, 3.8) is 0 Å². The van der Waals surface area contributed by atoms with Crippen molar-refractivity contribution >= 4 is 33.4 Å². The van der Waals surface area contributed by atoms with E-state index in [9.17, 15) is 0 Å². The highest BCUT2D eigenvalue weighted by molar-refractivity contribution is 9.10. The van der Waals surface area contributed by atoms with Crippen LogP contribution in [0.3, 0.4) is 0 Å². The average Bonchev–Trinajstić information content (AvgIpc) is 2.58. The van der Waals surface area contributed by atoms with Crippen LogP contribution in [0.15, 0.2) is 37.7 Å². The second-order valence-electron chi connectivity index (χ2n) is 2.90. The van der Waals surface area contributed by atoms with Gasteiger partial charge in [0.25, 0.3) is 5.22 Å². The number of anilines is 1. The lowest BCUT2D eigenvalue weighted by molar-refractivity contribution is 0.454. The molecular formula is C9H8BrN3OS. The minimum Gasteiger partial charge on any atom is -0.439 e. The van der Waals surface area contributed by atoms with E-state index in [0.29, 0.717) is 10.9 Å². The fraction of sp³-hybridized carbons (Fsp3) is 0.111. The van der Waals surface area contributed by atoms with E-state index in [0.717, 1.165) is 15.1 Å². The molecule has 15 heavy (non-hydrogen) atoms. The molecule has 78 valence electrons.